The summed E-state index contributed by atoms with van der Waals surface area (Å²) in [6.07, 6.45) is 1.05. The van der Waals surface area contributed by atoms with Gasteiger partial charge in [-0.2, -0.15) is 0 Å². The number of amides is 1. The van der Waals surface area contributed by atoms with E-state index in [4.69, 9.17) is 9.47 Å². The SMILES string of the molecule is C=C[C@@]1(O)[C@@H]2c3c([nH]c4ccccc34)[C@@](CO)(C(=O)OC(C)(C)C)[C@H]1CCN2C(=O)OC(C)(C)C. The van der Waals surface area contributed by atoms with Crippen molar-refractivity contribution in [2.45, 2.75) is 76.2 Å². The third kappa shape index (κ3) is 3.83. The Morgan fingerprint density at radius 2 is 1.80 bits per heavy atom. The van der Waals surface area contributed by atoms with Gasteiger partial charge in [0.1, 0.15) is 22.2 Å². The monoisotopic (exact) mass is 484 g/mol. The lowest BCUT2D eigenvalue weighted by Crippen LogP contribution is -2.68. The number of H-pyrrole nitrogens is 1. The van der Waals surface area contributed by atoms with Crippen molar-refractivity contribution in [1.82, 2.24) is 9.88 Å². The van der Waals surface area contributed by atoms with Gasteiger partial charge in [-0.05, 0) is 54.0 Å². The maximum Gasteiger partial charge on any atom is 0.410 e. The summed E-state index contributed by atoms with van der Waals surface area (Å²) in [5.74, 6) is -1.42. The highest BCUT2D eigenvalue weighted by molar-refractivity contribution is 5.93. The molecular weight excluding hydrogens is 448 g/mol. The van der Waals surface area contributed by atoms with E-state index < -0.39 is 52.8 Å². The summed E-state index contributed by atoms with van der Waals surface area (Å²) in [6, 6.07) is 6.56. The molecule has 1 aliphatic heterocycles. The first-order chi connectivity index (χ1) is 16.2. The van der Waals surface area contributed by atoms with E-state index >= 15 is 0 Å². The lowest BCUT2D eigenvalue weighted by Gasteiger charge is -2.58. The zero-order chi connectivity index (χ0) is 26.0. The number of carbonyl (C=O) groups excluding carboxylic acids is 2. The number of rotatable bonds is 3. The maximum atomic E-state index is 13.9. The molecule has 2 bridgehead atoms. The van der Waals surface area contributed by atoms with Crippen LogP contribution in [0.3, 0.4) is 0 Å². The van der Waals surface area contributed by atoms with Gasteiger partial charge in [0.05, 0.1) is 12.6 Å². The lowest BCUT2D eigenvalue weighted by atomic mass is 9.54. The number of hydrogen-bond donors (Lipinski definition) is 3. The van der Waals surface area contributed by atoms with E-state index in [0.29, 0.717) is 11.3 Å². The van der Waals surface area contributed by atoms with Gasteiger partial charge in [-0.25, -0.2) is 4.79 Å². The molecule has 1 fully saturated rings. The molecule has 0 spiro atoms. The molecule has 35 heavy (non-hydrogen) atoms. The van der Waals surface area contributed by atoms with Gasteiger partial charge < -0.3 is 24.7 Å². The van der Waals surface area contributed by atoms with Gasteiger partial charge in [-0.1, -0.05) is 24.3 Å². The Hall–Kier alpha value is -2.84. The average molecular weight is 485 g/mol. The first-order valence-corrected chi connectivity index (χ1v) is 12.0. The van der Waals surface area contributed by atoms with Crippen LogP contribution in [0.15, 0.2) is 36.9 Å². The number of para-hydroxylation sites is 1. The molecular formula is C27H36N2O6. The third-order valence-corrected chi connectivity index (χ3v) is 6.99. The van der Waals surface area contributed by atoms with Crippen LogP contribution in [0.4, 0.5) is 4.79 Å². The van der Waals surface area contributed by atoms with Gasteiger partial charge in [0.25, 0.3) is 0 Å². The quantitative estimate of drug-likeness (QED) is 0.449. The number of likely N-dealkylation sites (tertiary alicyclic amines) is 1. The first-order valence-electron chi connectivity index (χ1n) is 12.0. The van der Waals surface area contributed by atoms with Crippen LogP contribution >= 0.6 is 0 Å². The van der Waals surface area contributed by atoms with Gasteiger partial charge >= 0.3 is 12.1 Å². The molecule has 2 heterocycles. The molecule has 3 N–H and O–H groups in total. The van der Waals surface area contributed by atoms with E-state index in [9.17, 15) is 19.8 Å². The third-order valence-electron chi connectivity index (χ3n) is 6.99. The summed E-state index contributed by atoms with van der Waals surface area (Å²) in [5, 5.41) is 23.8. The van der Waals surface area contributed by atoms with Crippen LogP contribution in [-0.2, 0) is 19.7 Å². The number of ether oxygens (including phenoxy) is 2. The number of aromatic nitrogens is 1. The van der Waals surface area contributed by atoms with E-state index in [1.807, 2.05) is 24.3 Å². The minimum absolute atomic E-state index is 0.226. The van der Waals surface area contributed by atoms with E-state index in [0.717, 1.165) is 10.9 Å². The highest BCUT2D eigenvalue weighted by atomic mass is 16.6. The highest BCUT2D eigenvalue weighted by Gasteiger charge is 2.67. The molecule has 0 unspecified atom stereocenters. The Balaban J connectivity index is 2.03. The van der Waals surface area contributed by atoms with E-state index in [-0.39, 0.29) is 13.0 Å². The van der Waals surface area contributed by atoms with Crippen molar-refractivity contribution in [3.05, 3.63) is 48.2 Å². The molecule has 8 heteroatoms. The molecule has 4 rings (SSSR count). The fraction of sp³-hybridized carbons (Fsp3) is 0.556. The number of aromatic amines is 1. The first kappa shape index (κ1) is 25.3. The summed E-state index contributed by atoms with van der Waals surface area (Å²) in [5.41, 5.74) is -3.12. The number of esters is 1. The van der Waals surface area contributed by atoms with Gasteiger partial charge in [0.2, 0.25) is 0 Å². The van der Waals surface area contributed by atoms with Crippen molar-refractivity contribution in [2.75, 3.05) is 13.2 Å². The number of piperidine rings is 1. The molecule has 190 valence electrons. The van der Waals surface area contributed by atoms with Crippen molar-refractivity contribution >= 4 is 23.0 Å². The molecule has 8 nitrogen and oxygen atoms in total. The normalized spacial score (nSPS) is 28.4. The predicted molar refractivity (Wildman–Crippen MR) is 132 cm³/mol. The fourth-order valence-corrected chi connectivity index (χ4v) is 5.71. The lowest BCUT2D eigenvalue weighted by molar-refractivity contribution is -0.184. The Morgan fingerprint density at radius 1 is 1.17 bits per heavy atom. The molecule has 4 atom stereocenters. The standard InChI is InChI=1S/C27H36N2O6/c1-8-27(33)18-13-14-29(23(32)35-25(5,6)7)21(27)19-16-11-9-10-12-17(16)28-20(19)26(18,15-30)22(31)34-24(2,3)4/h8-12,18,21,28,30,33H,1,13-15H2,2-7H3/t18-,21+,26+,27+/m1/s1. The van der Waals surface area contributed by atoms with Gasteiger partial charge in [0.15, 0.2) is 0 Å². The molecule has 1 aliphatic carbocycles. The molecule has 0 saturated carbocycles. The second-order valence-corrected chi connectivity index (χ2v) is 11.6. The highest BCUT2D eigenvalue weighted by Crippen LogP contribution is 2.59. The van der Waals surface area contributed by atoms with Crippen molar-refractivity contribution in [3.63, 3.8) is 0 Å². The van der Waals surface area contributed by atoms with Crippen molar-refractivity contribution in [1.29, 1.82) is 0 Å². The Morgan fingerprint density at radius 3 is 2.37 bits per heavy atom. The number of aliphatic hydroxyl groups is 2. The second kappa shape index (κ2) is 8.10. The van der Waals surface area contributed by atoms with Crippen LogP contribution in [0, 0.1) is 5.92 Å². The number of benzene rings is 1. The van der Waals surface area contributed by atoms with Gasteiger partial charge in [-0.3, -0.25) is 9.69 Å². The zero-order valence-electron chi connectivity index (χ0n) is 21.3. The molecule has 1 amide bonds. The van der Waals surface area contributed by atoms with Crippen LogP contribution in [-0.4, -0.2) is 62.1 Å². The number of hydrogen-bond acceptors (Lipinski definition) is 6. The summed E-state index contributed by atoms with van der Waals surface area (Å²) >= 11 is 0. The van der Waals surface area contributed by atoms with Crippen LogP contribution in [0.5, 0.6) is 0 Å². The number of carbonyl (C=O) groups is 2. The number of nitrogens with zero attached hydrogens (tertiary/aromatic N) is 1. The van der Waals surface area contributed by atoms with Crippen LogP contribution in [0.25, 0.3) is 10.9 Å². The molecule has 2 aliphatic rings. The van der Waals surface area contributed by atoms with E-state index in [1.165, 1.54) is 11.0 Å². The van der Waals surface area contributed by atoms with Gasteiger partial charge in [-0.15, -0.1) is 6.58 Å². The Labute approximate surface area is 205 Å². The number of aliphatic hydroxyl groups excluding tert-OH is 1. The van der Waals surface area contributed by atoms with Gasteiger partial charge in [0, 0.05) is 34.6 Å². The fourth-order valence-electron chi connectivity index (χ4n) is 5.71. The van der Waals surface area contributed by atoms with Crippen LogP contribution < -0.4 is 0 Å². The summed E-state index contributed by atoms with van der Waals surface area (Å²) in [4.78, 5) is 32.1. The maximum absolute atomic E-state index is 13.9. The van der Waals surface area contributed by atoms with Crippen molar-refractivity contribution in [3.8, 4) is 0 Å². The average Bonchev–Trinajstić information content (AvgIpc) is 3.11. The van der Waals surface area contributed by atoms with Crippen LogP contribution in [0.1, 0.15) is 65.3 Å². The van der Waals surface area contributed by atoms with Crippen molar-refractivity contribution in [2.24, 2.45) is 5.92 Å². The van der Waals surface area contributed by atoms with Crippen LogP contribution in [0.2, 0.25) is 0 Å². The Bertz CT molecular complexity index is 1170. The smallest absolute Gasteiger partial charge is 0.410 e. The molecule has 2 aromatic rings. The topological polar surface area (TPSA) is 112 Å². The zero-order valence-corrected chi connectivity index (χ0v) is 21.3. The summed E-state index contributed by atoms with van der Waals surface area (Å²) in [6.45, 7) is 14.2. The number of nitrogens with one attached hydrogen (secondary N) is 1. The Kier molecular flexibility index (Phi) is 5.84. The predicted octanol–water partition coefficient (Wildman–Crippen LogP) is 3.97. The molecule has 0 radical (unpaired) electrons. The number of fused-ring (bicyclic) bond motifs is 6. The molecule has 1 saturated heterocycles. The molecule has 1 aromatic carbocycles. The minimum Gasteiger partial charge on any atom is -0.459 e. The summed E-state index contributed by atoms with van der Waals surface area (Å²) < 4.78 is 11.5. The molecule has 1 aromatic heterocycles. The largest absolute Gasteiger partial charge is 0.459 e. The van der Waals surface area contributed by atoms with E-state index in [1.54, 1.807) is 41.5 Å². The van der Waals surface area contributed by atoms with E-state index in [2.05, 4.69) is 11.6 Å². The van der Waals surface area contributed by atoms with Crippen molar-refractivity contribution < 1.29 is 29.3 Å². The summed E-state index contributed by atoms with van der Waals surface area (Å²) in [7, 11) is 0. The second-order valence-electron chi connectivity index (χ2n) is 11.6. The minimum atomic E-state index is -1.73.